The Morgan fingerprint density at radius 1 is 1.47 bits per heavy atom. The summed E-state index contributed by atoms with van der Waals surface area (Å²) in [5.41, 5.74) is 0. The van der Waals surface area contributed by atoms with E-state index < -0.39 is 0 Å². The minimum absolute atomic E-state index is 0.243. The Hall–Kier alpha value is -1.07. The van der Waals surface area contributed by atoms with Crippen molar-refractivity contribution in [3.8, 4) is 0 Å². The molecule has 17 heavy (non-hydrogen) atoms. The highest BCUT2D eigenvalue weighted by Gasteiger charge is 2.10. The van der Waals surface area contributed by atoms with Gasteiger partial charge in [0, 0.05) is 22.2 Å². The minimum Gasteiger partial charge on any atom is -0.407 e. The van der Waals surface area contributed by atoms with Crippen molar-refractivity contribution in [3.63, 3.8) is 0 Å². The van der Waals surface area contributed by atoms with E-state index in [0.717, 1.165) is 6.42 Å². The minimum atomic E-state index is 0.243. The van der Waals surface area contributed by atoms with Gasteiger partial charge < -0.3 is 9.73 Å². The number of nitrogens with one attached hydrogen (secondary N) is 1. The average molecular weight is 272 g/mol. The number of thiophene rings is 1. The van der Waals surface area contributed by atoms with Crippen LogP contribution in [-0.4, -0.2) is 16.2 Å². The highest BCUT2D eigenvalue weighted by molar-refractivity contribution is 7.11. The van der Waals surface area contributed by atoms with E-state index in [1.807, 2.05) is 11.3 Å². The van der Waals surface area contributed by atoms with Gasteiger partial charge >= 0.3 is 6.01 Å². The summed E-state index contributed by atoms with van der Waals surface area (Å²) in [6.07, 6.45) is 0.942. The lowest BCUT2D eigenvalue weighted by Gasteiger charge is -2.09. The van der Waals surface area contributed by atoms with Crippen LogP contribution >= 0.6 is 22.9 Å². The number of halogens is 1. The second-order valence-electron chi connectivity index (χ2n) is 3.90. The molecule has 92 valence electrons. The molecule has 1 N–H and O–H groups in total. The topological polar surface area (TPSA) is 51.0 Å². The predicted molar refractivity (Wildman–Crippen MR) is 69.7 cm³/mol. The third-order valence-corrected chi connectivity index (χ3v) is 3.51. The molecule has 0 aliphatic rings. The summed E-state index contributed by atoms with van der Waals surface area (Å²) < 4.78 is 5.28. The van der Waals surface area contributed by atoms with E-state index in [1.54, 1.807) is 0 Å². The Bertz CT molecular complexity index is 483. The van der Waals surface area contributed by atoms with Gasteiger partial charge in [-0.2, -0.15) is 0 Å². The van der Waals surface area contributed by atoms with Crippen molar-refractivity contribution in [1.29, 1.82) is 0 Å². The number of nitrogens with zero attached hydrogens (tertiary/aromatic N) is 2. The Balaban J connectivity index is 1.90. The molecule has 2 rings (SSSR count). The molecule has 0 saturated carbocycles. The molecule has 1 atom stereocenters. The molecule has 2 aromatic heterocycles. The molecule has 0 aliphatic heterocycles. The number of aryl methyl sites for hydroxylation is 1. The number of hydrogen-bond acceptors (Lipinski definition) is 5. The Morgan fingerprint density at radius 2 is 2.29 bits per heavy atom. The fourth-order valence-corrected chi connectivity index (χ4v) is 2.65. The van der Waals surface area contributed by atoms with Crippen LogP contribution in [0.15, 0.2) is 16.5 Å². The van der Waals surface area contributed by atoms with E-state index in [4.69, 9.17) is 16.0 Å². The molecule has 2 aromatic rings. The first-order valence-corrected chi connectivity index (χ1v) is 6.72. The molecular weight excluding hydrogens is 258 g/mol. The number of hydrogen-bond donors (Lipinski definition) is 1. The fraction of sp³-hybridized carbons (Fsp3) is 0.455. The van der Waals surface area contributed by atoms with Gasteiger partial charge in [0.2, 0.25) is 5.89 Å². The molecule has 0 amide bonds. The quantitative estimate of drug-likeness (QED) is 0.849. The van der Waals surface area contributed by atoms with Crippen LogP contribution in [0.4, 0.5) is 6.01 Å². The maximum atomic E-state index is 5.59. The van der Waals surface area contributed by atoms with Crippen LogP contribution in [-0.2, 0) is 12.3 Å². The van der Waals surface area contributed by atoms with Crippen LogP contribution in [0.5, 0.6) is 0 Å². The van der Waals surface area contributed by atoms with E-state index in [9.17, 15) is 0 Å². The Labute approximate surface area is 109 Å². The first kappa shape index (κ1) is 12.4. The van der Waals surface area contributed by atoms with E-state index in [0.29, 0.717) is 11.9 Å². The lowest BCUT2D eigenvalue weighted by atomic mass is 10.2. The zero-order chi connectivity index (χ0) is 12.3. The van der Waals surface area contributed by atoms with Crippen LogP contribution in [0.3, 0.4) is 0 Å². The van der Waals surface area contributed by atoms with Crippen molar-refractivity contribution in [3.05, 3.63) is 27.8 Å². The van der Waals surface area contributed by atoms with Crippen LogP contribution in [0.25, 0.3) is 0 Å². The molecule has 0 fully saturated rings. The number of alkyl halides is 1. The van der Waals surface area contributed by atoms with Crippen molar-refractivity contribution in [1.82, 2.24) is 10.2 Å². The van der Waals surface area contributed by atoms with Crippen molar-refractivity contribution >= 4 is 29.0 Å². The van der Waals surface area contributed by atoms with Gasteiger partial charge in [0.1, 0.15) is 5.88 Å². The highest BCUT2D eigenvalue weighted by Crippen LogP contribution is 2.18. The second kappa shape index (κ2) is 5.51. The molecule has 1 unspecified atom stereocenters. The van der Waals surface area contributed by atoms with Gasteiger partial charge in [0.15, 0.2) is 0 Å². The molecule has 0 aromatic carbocycles. The standard InChI is InChI=1S/C11H14ClN3OS/c1-7(5-9-4-3-8(2)17-9)13-11-15-14-10(6-12)16-11/h3-4,7H,5-6H2,1-2H3,(H,13,15). The van der Waals surface area contributed by atoms with Gasteiger partial charge in [0.25, 0.3) is 0 Å². The number of anilines is 1. The van der Waals surface area contributed by atoms with Gasteiger partial charge in [-0.1, -0.05) is 5.10 Å². The van der Waals surface area contributed by atoms with Gasteiger partial charge in [-0.15, -0.1) is 28.0 Å². The molecule has 0 bridgehead atoms. The third kappa shape index (κ3) is 3.44. The van der Waals surface area contributed by atoms with Gasteiger partial charge in [0.05, 0.1) is 0 Å². The average Bonchev–Trinajstić information content (AvgIpc) is 2.88. The summed E-state index contributed by atoms with van der Waals surface area (Å²) in [6, 6.07) is 4.96. The van der Waals surface area contributed by atoms with Crippen molar-refractivity contribution < 1.29 is 4.42 Å². The van der Waals surface area contributed by atoms with Crippen LogP contribution in [0, 0.1) is 6.92 Å². The first-order chi connectivity index (χ1) is 8.17. The molecule has 4 nitrogen and oxygen atoms in total. The molecule has 2 heterocycles. The number of rotatable bonds is 5. The van der Waals surface area contributed by atoms with Gasteiger partial charge in [-0.3, -0.25) is 0 Å². The summed E-state index contributed by atoms with van der Waals surface area (Å²) >= 11 is 7.40. The second-order valence-corrected chi connectivity index (χ2v) is 5.54. The summed E-state index contributed by atoms with van der Waals surface area (Å²) in [4.78, 5) is 2.67. The summed E-state index contributed by atoms with van der Waals surface area (Å²) in [5, 5.41) is 10.8. The van der Waals surface area contributed by atoms with Gasteiger partial charge in [-0.05, 0) is 26.0 Å². The molecule has 0 saturated heterocycles. The normalized spacial score (nSPS) is 12.6. The van der Waals surface area contributed by atoms with Gasteiger partial charge in [-0.25, -0.2) is 0 Å². The molecule has 6 heteroatoms. The summed E-state index contributed by atoms with van der Waals surface area (Å²) in [6.45, 7) is 4.19. The maximum Gasteiger partial charge on any atom is 0.315 e. The Kier molecular flexibility index (Phi) is 4.02. The van der Waals surface area contributed by atoms with E-state index in [-0.39, 0.29) is 11.9 Å². The van der Waals surface area contributed by atoms with Crippen molar-refractivity contribution in [2.24, 2.45) is 0 Å². The number of aromatic nitrogens is 2. The fourth-order valence-electron chi connectivity index (χ4n) is 1.52. The largest absolute Gasteiger partial charge is 0.407 e. The summed E-state index contributed by atoms with van der Waals surface area (Å²) in [7, 11) is 0. The van der Waals surface area contributed by atoms with E-state index in [1.165, 1.54) is 9.75 Å². The zero-order valence-electron chi connectivity index (χ0n) is 9.74. The van der Waals surface area contributed by atoms with E-state index >= 15 is 0 Å². The smallest absolute Gasteiger partial charge is 0.315 e. The molecular formula is C11H14ClN3OS. The molecule has 0 aliphatic carbocycles. The van der Waals surface area contributed by atoms with E-state index in [2.05, 4.69) is 41.5 Å². The van der Waals surface area contributed by atoms with Crippen molar-refractivity contribution in [2.75, 3.05) is 5.32 Å². The zero-order valence-corrected chi connectivity index (χ0v) is 11.3. The SMILES string of the molecule is Cc1ccc(CC(C)Nc2nnc(CCl)o2)s1. The summed E-state index contributed by atoms with van der Waals surface area (Å²) in [5.74, 6) is 0.682. The maximum absolute atomic E-state index is 5.59. The lowest BCUT2D eigenvalue weighted by Crippen LogP contribution is -2.17. The van der Waals surface area contributed by atoms with Crippen LogP contribution in [0.1, 0.15) is 22.6 Å². The molecule has 0 radical (unpaired) electrons. The Morgan fingerprint density at radius 3 is 2.88 bits per heavy atom. The predicted octanol–water partition coefficient (Wildman–Crippen LogP) is 3.22. The highest BCUT2D eigenvalue weighted by atomic mass is 35.5. The lowest BCUT2D eigenvalue weighted by molar-refractivity contribution is 0.519. The first-order valence-electron chi connectivity index (χ1n) is 5.37. The molecule has 0 spiro atoms. The van der Waals surface area contributed by atoms with Crippen LogP contribution in [0.2, 0.25) is 0 Å². The van der Waals surface area contributed by atoms with Crippen LogP contribution < -0.4 is 5.32 Å². The van der Waals surface area contributed by atoms with Crippen molar-refractivity contribution in [2.45, 2.75) is 32.2 Å². The monoisotopic (exact) mass is 271 g/mol. The third-order valence-electron chi connectivity index (χ3n) is 2.25.